The molecule has 0 unspecified atom stereocenters. The maximum absolute atomic E-state index is 5.77. The van der Waals surface area contributed by atoms with Gasteiger partial charge in [-0.15, -0.1) is 11.3 Å². The van der Waals surface area contributed by atoms with Gasteiger partial charge >= 0.3 is 0 Å². The highest BCUT2D eigenvalue weighted by Crippen LogP contribution is 2.27. The van der Waals surface area contributed by atoms with Crippen LogP contribution < -0.4 is 0 Å². The van der Waals surface area contributed by atoms with E-state index in [2.05, 4.69) is 9.97 Å². The molecule has 0 atom stereocenters. The zero-order chi connectivity index (χ0) is 9.26. The summed E-state index contributed by atoms with van der Waals surface area (Å²) in [7, 11) is 0. The van der Waals surface area contributed by atoms with Gasteiger partial charge in [0, 0.05) is 11.6 Å². The van der Waals surface area contributed by atoms with Gasteiger partial charge in [-0.2, -0.15) is 0 Å². The molecule has 2 aromatic heterocycles. The maximum atomic E-state index is 5.77. The molecule has 0 fully saturated rings. The highest BCUT2D eigenvalue weighted by Gasteiger charge is 2.04. The normalized spacial score (nSPS) is 10.3. The summed E-state index contributed by atoms with van der Waals surface area (Å²) in [5, 5.41) is 2.97. The molecule has 2 aromatic rings. The van der Waals surface area contributed by atoms with Crippen molar-refractivity contribution in [3.05, 3.63) is 33.9 Å². The van der Waals surface area contributed by atoms with Gasteiger partial charge in [0.2, 0.25) is 0 Å². The van der Waals surface area contributed by atoms with Gasteiger partial charge in [-0.05, 0) is 12.1 Å². The molecule has 5 heteroatoms. The first-order valence-corrected chi connectivity index (χ1v) is 5.12. The van der Waals surface area contributed by atoms with Gasteiger partial charge in [-0.25, -0.2) is 9.97 Å². The second-order valence-electron chi connectivity index (χ2n) is 2.33. The Morgan fingerprint density at radius 2 is 2.15 bits per heavy atom. The Morgan fingerprint density at radius 1 is 1.31 bits per heavy atom. The summed E-state index contributed by atoms with van der Waals surface area (Å²) in [6, 6.07) is 3.46. The van der Waals surface area contributed by atoms with E-state index in [1.165, 1.54) is 11.3 Å². The fourth-order valence-corrected chi connectivity index (χ4v) is 2.04. The van der Waals surface area contributed by atoms with Crippen LogP contribution in [0, 0.1) is 0 Å². The number of hydrogen-bond acceptors (Lipinski definition) is 3. The van der Waals surface area contributed by atoms with Gasteiger partial charge in [-0.1, -0.05) is 23.2 Å². The fraction of sp³-hybridized carbons (Fsp3) is 0. The lowest BCUT2D eigenvalue weighted by molar-refractivity contribution is 1.19. The number of halogens is 2. The van der Waals surface area contributed by atoms with E-state index in [1.807, 2.05) is 11.4 Å². The molecule has 0 aliphatic heterocycles. The lowest BCUT2D eigenvalue weighted by Gasteiger charge is -1.94. The van der Waals surface area contributed by atoms with E-state index >= 15 is 0 Å². The van der Waals surface area contributed by atoms with Crippen LogP contribution in [0.3, 0.4) is 0 Å². The second-order valence-corrected chi connectivity index (χ2v) is 4.07. The van der Waals surface area contributed by atoms with Crippen molar-refractivity contribution >= 4 is 34.5 Å². The van der Waals surface area contributed by atoms with Gasteiger partial charge in [0.25, 0.3) is 0 Å². The van der Waals surface area contributed by atoms with Crippen molar-refractivity contribution in [2.75, 3.05) is 0 Å². The first-order valence-electron chi connectivity index (χ1n) is 3.48. The average Bonchev–Trinajstić information content (AvgIpc) is 2.52. The maximum Gasteiger partial charge on any atom is 0.170 e. The lowest BCUT2D eigenvalue weighted by Crippen LogP contribution is -1.84. The summed E-state index contributed by atoms with van der Waals surface area (Å²) in [6.45, 7) is 0. The van der Waals surface area contributed by atoms with E-state index in [0.717, 1.165) is 4.88 Å². The molecule has 0 saturated carbocycles. The third kappa shape index (κ3) is 1.99. The predicted molar refractivity (Wildman–Crippen MR) is 55.4 cm³/mol. The third-order valence-electron chi connectivity index (χ3n) is 1.41. The predicted octanol–water partition coefficient (Wildman–Crippen LogP) is 3.51. The molecule has 2 heterocycles. The van der Waals surface area contributed by atoms with Crippen LogP contribution in [0.25, 0.3) is 10.7 Å². The molecule has 0 aliphatic rings. The quantitative estimate of drug-likeness (QED) is 0.702. The molecule has 0 aliphatic carbocycles. The van der Waals surface area contributed by atoms with Crippen LogP contribution in [-0.2, 0) is 0 Å². The molecule has 0 spiro atoms. The molecule has 0 amide bonds. The molecule has 13 heavy (non-hydrogen) atoms. The van der Waals surface area contributed by atoms with E-state index in [-0.39, 0.29) is 0 Å². The van der Waals surface area contributed by atoms with Crippen LogP contribution in [0.1, 0.15) is 0 Å². The van der Waals surface area contributed by atoms with Gasteiger partial charge < -0.3 is 0 Å². The Labute approximate surface area is 89.2 Å². The standard InChI is InChI=1S/C8H4Cl2N2S/c9-5-3-6(13-4-5)8-11-2-1-7(10)12-8/h1-4H. The van der Waals surface area contributed by atoms with E-state index < -0.39 is 0 Å². The summed E-state index contributed by atoms with van der Waals surface area (Å²) in [4.78, 5) is 9.07. The minimum atomic E-state index is 0.439. The molecule has 0 aromatic carbocycles. The average molecular weight is 231 g/mol. The number of nitrogens with zero attached hydrogens (tertiary/aromatic N) is 2. The van der Waals surface area contributed by atoms with Gasteiger partial charge in [0.1, 0.15) is 5.15 Å². The van der Waals surface area contributed by atoms with E-state index in [0.29, 0.717) is 16.0 Å². The summed E-state index contributed by atoms with van der Waals surface area (Å²) >= 11 is 13.0. The lowest BCUT2D eigenvalue weighted by atomic mass is 10.4. The van der Waals surface area contributed by atoms with Crippen LogP contribution in [0.2, 0.25) is 10.2 Å². The Balaban J connectivity index is 2.46. The van der Waals surface area contributed by atoms with Gasteiger partial charge in [0.05, 0.1) is 9.90 Å². The van der Waals surface area contributed by atoms with Crippen molar-refractivity contribution in [3.63, 3.8) is 0 Å². The smallest absolute Gasteiger partial charge is 0.170 e. The summed E-state index contributed by atoms with van der Waals surface area (Å²) < 4.78 is 0. The zero-order valence-electron chi connectivity index (χ0n) is 6.37. The molecule has 0 bridgehead atoms. The zero-order valence-corrected chi connectivity index (χ0v) is 8.70. The van der Waals surface area contributed by atoms with Crippen LogP contribution in [-0.4, -0.2) is 9.97 Å². The first-order chi connectivity index (χ1) is 6.25. The van der Waals surface area contributed by atoms with Crippen molar-refractivity contribution < 1.29 is 0 Å². The number of hydrogen-bond donors (Lipinski definition) is 0. The van der Waals surface area contributed by atoms with Crippen molar-refractivity contribution in [2.24, 2.45) is 0 Å². The number of thiophene rings is 1. The Hall–Kier alpha value is -0.640. The second kappa shape index (κ2) is 3.62. The van der Waals surface area contributed by atoms with E-state index in [1.54, 1.807) is 12.3 Å². The monoisotopic (exact) mass is 230 g/mol. The Morgan fingerprint density at radius 3 is 2.77 bits per heavy atom. The van der Waals surface area contributed by atoms with Crippen LogP contribution in [0.5, 0.6) is 0 Å². The van der Waals surface area contributed by atoms with Crippen molar-refractivity contribution in [1.29, 1.82) is 0 Å². The first kappa shape index (κ1) is 8.94. The highest BCUT2D eigenvalue weighted by molar-refractivity contribution is 7.14. The SMILES string of the molecule is Clc1csc(-c2nccc(Cl)n2)c1. The molecule has 2 nitrogen and oxygen atoms in total. The highest BCUT2D eigenvalue weighted by atomic mass is 35.5. The van der Waals surface area contributed by atoms with Crippen molar-refractivity contribution in [3.8, 4) is 10.7 Å². The van der Waals surface area contributed by atoms with Crippen molar-refractivity contribution in [2.45, 2.75) is 0 Å². The summed E-state index contributed by atoms with van der Waals surface area (Å²) in [6.07, 6.45) is 1.62. The molecule has 0 N–H and O–H groups in total. The third-order valence-corrected chi connectivity index (χ3v) is 2.89. The number of rotatable bonds is 1. The summed E-state index contributed by atoms with van der Waals surface area (Å²) in [5.74, 6) is 0.615. The van der Waals surface area contributed by atoms with Crippen LogP contribution in [0.4, 0.5) is 0 Å². The molecular weight excluding hydrogens is 227 g/mol. The fourth-order valence-electron chi connectivity index (χ4n) is 0.886. The Bertz CT molecular complexity index is 428. The number of aromatic nitrogens is 2. The van der Waals surface area contributed by atoms with E-state index in [4.69, 9.17) is 23.2 Å². The largest absolute Gasteiger partial charge is 0.236 e. The molecule has 0 radical (unpaired) electrons. The van der Waals surface area contributed by atoms with Crippen LogP contribution in [0.15, 0.2) is 23.7 Å². The molecule has 66 valence electrons. The van der Waals surface area contributed by atoms with Gasteiger partial charge in [-0.3, -0.25) is 0 Å². The summed E-state index contributed by atoms with van der Waals surface area (Å²) in [5.41, 5.74) is 0. The minimum absolute atomic E-state index is 0.439. The topological polar surface area (TPSA) is 25.8 Å². The minimum Gasteiger partial charge on any atom is -0.236 e. The Kier molecular flexibility index (Phi) is 2.49. The van der Waals surface area contributed by atoms with Crippen LogP contribution >= 0.6 is 34.5 Å². The van der Waals surface area contributed by atoms with Crippen molar-refractivity contribution in [1.82, 2.24) is 9.97 Å². The van der Waals surface area contributed by atoms with Gasteiger partial charge in [0.15, 0.2) is 5.82 Å². The molecule has 2 rings (SSSR count). The van der Waals surface area contributed by atoms with E-state index in [9.17, 15) is 0 Å². The molecule has 0 saturated heterocycles. The molecular formula is C8H4Cl2N2S.